The molecular weight excluding hydrogens is 570 g/mol. The van der Waals surface area contributed by atoms with Crippen LogP contribution in [0.25, 0.3) is 10.4 Å². The second-order valence-corrected chi connectivity index (χ2v) is 11.7. The van der Waals surface area contributed by atoms with E-state index in [1.807, 2.05) is 0 Å². The third kappa shape index (κ3) is 8.50. The van der Waals surface area contributed by atoms with Crippen molar-refractivity contribution >= 4 is 29.6 Å². The summed E-state index contributed by atoms with van der Waals surface area (Å²) in [6.45, 7) is 1.70. The Kier molecular flexibility index (Phi) is 11.3. The van der Waals surface area contributed by atoms with Crippen molar-refractivity contribution in [1.29, 1.82) is 5.26 Å². The normalized spacial score (nSPS) is 12.5. The Morgan fingerprint density at radius 2 is 1.74 bits per heavy atom. The van der Waals surface area contributed by atoms with Gasteiger partial charge < -0.3 is 20.9 Å². The van der Waals surface area contributed by atoms with Gasteiger partial charge >= 0.3 is 8.25 Å². The molecule has 1 aromatic heterocycles. The minimum atomic E-state index is -4.28. The molecule has 0 amide bonds. The van der Waals surface area contributed by atoms with Crippen LogP contribution in [0.15, 0.2) is 52.7 Å². The summed E-state index contributed by atoms with van der Waals surface area (Å²) in [6, 6.07) is 13.0. The molecule has 1 heterocycles. The van der Waals surface area contributed by atoms with E-state index in [1.54, 1.807) is 30.3 Å². The first-order chi connectivity index (χ1) is 18.7. The van der Waals surface area contributed by atoms with Crippen molar-refractivity contribution in [3.05, 3.63) is 65.5 Å². The van der Waals surface area contributed by atoms with E-state index >= 15 is 0 Å². The van der Waals surface area contributed by atoms with Crippen molar-refractivity contribution < 1.29 is 36.3 Å². The Morgan fingerprint density at radius 1 is 1.05 bits per heavy atom. The van der Waals surface area contributed by atoms with Gasteiger partial charge in [0.15, 0.2) is 11.5 Å². The molecule has 2 aromatic carbocycles. The molecule has 2 unspecified atom stereocenters. The van der Waals surface area contributed by atoms with E-state index in [9.17, 15) is 22.3 Å². The molecule has 2 atom stereocenters. The summed E-state index contributed by atoms with van der Waals surface area (Å²) < 4.78 is 70.2. The van der Waals surface area contributed by atoms with E-state index in [0.29, 0.717) is 61.1 Å². The van der Waals surface area contributed by atoms with E-state index in [-0.39, 0.29) is 15.3 Å². The minimum absolute atomic E-state index is 0.103. The molecule has 0 radical (unpaired) electrons. The maximum absolute atomic E-state index is 14.1. The van der Waals surface area contributed by atoms with E-state index < -0.39 is 30.3 Å². The van der Waals surface area contributed by atoms with Gasteiger partial charge in [-0.05, 0) is 74.0 Å². The number of rotatable bonds is 15. The van der Waals surface area contributed by atoms with Crippen molar-refractivity contribution in [1.82, 2.24) is 4.72 Å². The number of nitriles is 1. The lowest BCUT2D eigenvalue weighted by Crippen LogP contribution is -2.29. The molecule has 0 spiro atoms. The lowest BCUT2D eigenvalue weighted by molar-refractivity contribution is 0.181. The van der Waals surface area contributed by atoms with Crippen molar-refractivity contribution in [2.45, 2.75) is 23.3 Å². The van der Waals surface area contributed by atoms with Crippen LogP contribution in [-0.2, 0) is 19.1 Å². The largest absolute Gasteiger partial charge is 0.696 e. The molecule has 0 saturated heterocycles. The van der Waals surface area contributed by atoms with Gasteiger partial charge in [0.05, 0.1) is 18.8 Å². The van der Waals surface area contributed by atoms with Gasteiger partial charge in [-0.15, -0.1) is 16.2 Å². The number of hydrogen-bond donors (Lipinski definition) is 4. The van der Waals surface area contributed by atoms with Crippen LogP contribution >= 0.6 is 19.6 Å². The maximum atomic E-state index is 14.1. The number of halogens is 1. The Hall–Kier alpha value is -2.99. The molecule has 3 rings (SSSR count). The van der Waals surface area contributed by atoms with Gasteiger partial charge in [0.1, 0.15) is 16.1 Å². The average molecular weight is 598 g/mol. The summed E-state index contributed by atoms with van der Waals surface area (Å²) in [6.07, 6.45) is -0.400. The van der Waals surface area contributed by atoms with E-state index in [2.05, 4.69) is 4.72 Å². The SMILES string of the molecule is N#Cc1ccc(C(NS(=O)(=O)c2ccc(-c3ccc(OCCCN)c(OCCCN)c3)s2)O[P+](=O)O)cc1F. The fraction of sp³-hybridized carbons (Fsp3) is 0.292. The number of nitrogens with two attached hydrogens (primary N) is 2. The predicted molar refractivity (Wildman–Crippen MR) is 143 cm³/mol. The second-order valence-electron chi connectivity index (χ2n) is 7.96. The molecule has 6 N–H and O–H groups in total. The van der Waals surface area contributed by atoms with Crippen LogP contribution in [0.3, 0.4) is 0 Å². The van der Waals surface area contributed by atoms with Crippen molar-refractivity contribution in [2.75, 3.05) is 26.3 Å². The van der Waals surface area contributed by atoms with Gasteiger partial charge in [0.25, 0.3) is 10.0 Å². The summed E-state index contributed by atoms with van der Waals surface area (Å²) in [7, 11) is -7.54. The monoisotopic (exact) mass is 597 g/mol. The highest BCUT2D eigenvalue weighted by Crippen LogP contribution is 2.38. The molecule has 0 aliphatic rings. The zero-order valence-corrected chi connectivity index (χ0v) is 23.1. The third-order valence-electron chi connectivity index (χ3n) is 5.16. The molecule has 11 nitrogen and oxygen atoms in total. The minimum Gasteiger partial charge on any atom is -0.490 e. The molecule has 0 aliphatic heterocycles. The second kappa shape index (κ2) is 14.4. The summed E-state index contributed by atoms with van der Waals surface area (Å²) >= 11 is 0.931. The van der Waals surface area contributed by atoms with Crippen LogP contribution in [0.4, 0.5) is 4.39 Å². The Balaban J connectivity index is 1.87. The number of ether oxygens (including phenoxy) is 2. The van der Waals surface area contributed by atoms with Crippen molar-refractivity contribution in [3.8, 4) is 28.0 Å². The average Bonchev–Trinajstić information content (AvgIpc) is 3.40. The Labute approximate surface area is 230 Å². The topological polar surface area (TPSA) is 187 Å². The first-order valence-electron chi connectivity index (χ1n) is 11.6. The highest BCUT2D eigenvalue weighted by atomic mass is 32.2. The van der Waals surface area contributed by atoms with Crippen molar-refractivity contribution in [3.63, 3.8) is 0 Å². The van der Waals surface area contributed by atoms with Gasteiger partial charge in [0.2, 0.25) is 6.23 Å². The quantitative estimate of drug-likeness (QED) is 0.115. The number of nitrogens with zero attached hydrogens (tertiary/aromatic N) is 1. The van der Waals surface area contributed by atoms with E-state index in [1.165, 1.54) is 12.1 Å². The van der Waals surface area contributed by atoms with Gasteiger partial charge in [-0.1, -0.05) is 10.6 Å². The molecule has 0 bridgehead atoms. The van der Waals surface area contributed by atoms with Gasteiger partial charge in [-0.3, -0.25) is 0 Å². The number of thiophene rings is 1. The van der Waals surface area contributed by atoms with E-state index in [4.69, 9.17) is 30.7 Å². The number of sulfonamides is 1. The van der Waals surface area contributed by atoms with Crippen LogP contribution in [-0.4, -0.2) is 39.6 Å². The van der Waals surface area contributed by atoms with Gasteiger partial charge in [-0.2, -0.15) is 9.98 Å². The lowest BCUT2D eigenvalue weighted by atomic mass is 10.1. The summed E-state index contributed by atoms with van der Waals surface area (Å²) in [5.74, 6) is 0.0503. The van der Waals surface area contributed by atoms with Crippen LogP contribution in [0.5, 0.6) is 11.5 Å². The first kappa shape index (κ1) is 30.6. The molecule has 0 saturated carbocycles. The third-order valence-corrected chi connectivity index (χ3v) is 8.58. The first-order valence-corrected chi connectivity index (χ1v) is 15.1. The zero-order valence-electron chi connectivity index (χ0n) is 20.6. The summed E-state index contributed by atoms with van der Waals surface area (Å²) in [5.41, 5.74) is 11.4. The van der Waals surface area contributed by atoms with Crippen LogP contribution in [0.2, 0.25) is 0 Å². The van der Waals surface area contributed by atoms with Crippen LogP contribution in [0.1, 0.15) is 30.2 Å². The highest BCUT2D eigenvalue weighted by Gasteiger charge is 2.31. The fourth-order valence-electron chi connectivity index (χ4n) is 3.27. The summed E-state index contributed by atoms with van der Waals surface area (Å²) in [4.78, 5) is 9.83. The molecular formula is C24H27FN4O7PS2+. The number of nitrogens with one attached hydrogen (secondary N) is 1. The zero-order chi connectivity index (χ0) is 28.4. The lowest BCUT2D eigenvalue weighted by Gasteiger charge is -2.14. The van der Waals surface area contributed by atoms with Crippen LogP contribution in [0, 0.1) is 17.1 Å². The number of benzene rings is 2. The Morgan fingerprint density at radius 3 is 2.36 bits per heavy atom. The predicted octanol–water partition coefficient (Wildman–Crippen LogP) is 3.52. The molecule has 15 heteroatoms. The molecule has 0 aliphatic carbocycles. The maximum Gasteiger partial charge on any atom is 0.696 e. The molecule has 39 heavy (non-hydrogen) atoms. The molecule has 208 valence electrons. The smallest absolute Gasteiger partial charge is 0.490 e. The van der Waals surface area contributed by atoms with Crippen LogP contribution < -0.4 is 25.7 Å². The Bertz CT molecular complexity index is 1450. The van der Waals surface area contributed by atoms with Gasteiger partial charge in [0, 0.05) is 15.0 Å². The fourth-order valence-corrected chi connectivity index (χ4v) is 6.11. The number of hydrogen-bond acceptors (Lipinski definition) is 10. The van der Waals surface area contributed by atoms with Crippen molar-refractivity contribution in [2.24, 2.45) is 11.5 Å². The standard InChI is InChI=1S/C24H26FN4O7PS2/c25-19-13-17(3-4-18(19)15-28)24(36-37(30)31)29-39(32,33)23-8-7-22(38-23)16-5-6-20(34-11-1-9-26)21(14-16)35-12-2-10-27/h3-8,13-14,24,29H,1-2,9-12,26-27H2/p+1. The molecule has 3 aromatic rings. The molecule has 0 fully saturated rings. The highest BCUT2D eigenvalue weighted by molar-refractivity contribution is 7.91. The van der Waals surface area contributed by atoms with Gasteiger partial charge in [-0.25, -0.2) is 12.8 Å². The summed E-state index contributed by atoms with van der Waals surface area (Å²) in [5, 5.41) is 8.92. The van der Waals surface area contributed by atoms with E-state index in [0.717, 1.165) is 23.5 Å².